The second kappa shape index (κ2) is 5.44. The third kappa shape index (κ3) is 2.32. The van der Waals surface area contributed by atoms with Gasteiger partial charge in [0.05, 0.1) is 6.61 Å². The molecule has 1 aliphatic heterocycles. The SMILES string of the molecule is Cc1cc2cc([C@@H]3O[C@H](CO)C(O)[C@@H]3O)c(=O)[nH]c2nc1C. The molecule has 0 spiro atoms. The predicted molar refractivity (Wildman–Crippen MR) is 78.6 cm³/mol. The first kappa shape index (κ1) is 15.1. The molecule has 7 nitrogen and oxygen atoms in total. The van der Waals surface area contributed by atoms with Crippen LogP contribution in [0.3, 0.4) is 0 Å². The Hall–Kier alpha value is -1.80. The highest BCUT2D eigenvalue weighted by molar-refractivity contribution is 5.76. The number of nitrogens with one attached hydrogen (secondary N) is 1. The summed E-state index contributed by atoms with van der Waals surface area (Å²) in [6.07, 6.45) is -4.40. The van der Waals surface area contributed by atoms with E-state index in [1.54, 1.807) is 6.07 Å². The summed E-state index contributed by atoms with van der Waals surface area (Å²) < 4.78 is 5.41. The summed E-state index contributed by atoms with van der Waals surface area (Å²) in [4.78, 5) is 19.2. The highest BCUT2D eigenvalue weighted by Gasteiger charge is 2.44. The standard InChI is InChI=1S/C15H18N2O5/c1-6-3-8-4-9(15(21)17-14(8)16-7(6)2)13-12(20)11(19)10(5-18)22-13/h3-4,10-13,18-20H,5H2,1-2H3,(H,16,17,21)/t10-,11?,12+,13+/m1/s1. The molecule has 4 atom stereocenters. The van der Waals surface area contributed by atoms with Crippen LogP contribution in [0.5, 0.6) is 0 Å². The van der Waals surface area contributed by atoms with Gasteiger partial charge in [0.15, 0.2) is 0 Å². The maximum absolute atomic E-state index is 12.2. The van der Waals surface area contributed by atoms with Gasteiger partial charge in [-0.1, -0.05) is 0 Å². The number of pyridine rings is 2. The van der Waals surface area contributed by atoms with Crippen LogP contribution in [-0.4, -0.2) is 50.2 Å². The predicted octanol–water partition coefficient (Wildman–Crippen LogP) is -0.306. The average molecular weight is 306 g/mol. The molecule has 1 aliphatic rings. The van der Waals surface area contributed by atoms with Crippen LogP contribution < -0.4 is 5.56 Å². The van der Waals surface area contributed by atoms with Crippen LogP contribution in [-0.2, 0) is 4.74 Å². The van der Waals surface area contributed by atoms with E-state index in [4.69, 9.17) is 9.84 Å². The summed E-state index contributed by atoms with van der Waals surface area (Å²) in [6, 6.07) is 3.49. The van der Waals surface area contributed by atoms with Crippen molar-refractivity contribution in [3.63, 3.8) is 0 Å². The zero-order chi connectivity index (χ0) is 16.0. The monoisotopic (exact) mass is 306 g/mol. The maximum Gasteiger partial charge on any atom is 0.255 e. The Kier molecular flexibility index (Phi) is 3.73. The molecule has 7 heteroatoms. The van der Waals surface area contributed by atoms with Gasteiger partial charge in [0.2, 0.25) is 0 Å². The van der Waals surface area contributed by atoms with Gasteiger partial charge in [-0.05, 0) is 31.5 Å². The Bertz CT molecular complexity index is 772. The Morgan fingerprint density at radius 1 is 1.27 bits per heavy atom. The molecule has 1 fully saturated rings. The normalized spacial score (nSPS) is 28.4. The molecule has 3 rings (SSSR count). The van der Waals surface area contributed by atoms with E-state index in [0.29, 0.717) is 5.65 Å². The lowest BCUT2D eigenvalue weighted by atomic mass is 10.0. The maximum atomic E-state index is 12.2. The van der Waals surface area contributed by atoms with Crippen LogP contribution >= 0.6 is 0 Å². The number of hydrogen-bond acceptors (Lipinski definition) is 6. The van der Waals surface area contributed by atoms with Gasteiger partial charge in [-0.2, -0.15) is 0 Å². The van der Waals surface area contributed by atoms with Gasteiger partial charge in [0, 0.05) is 16.6 Å². The Morgan fingerprint density at radius 2 is 2.00 bits per heavy atom. The molecule has 0 aromatic carbocycles. The van der Waals surface area contributed by atoms with E-state index in [2.05, 4.69) is 9.97 Å². The molecule has 1 saturated heterocycles. The molecule has 1 unspecified atom stereocenters. The van der Waals surface area contributed by atoms with Crippen molar-refractivity contribution in [3.05, 3.63) is 39.3 Å². The van der Waals surface area contributed by atoms with Crippen molar-refractivity contribution in [1.82, 2.24) is 9.97 Å². The van der Waals surface area contributed by atoms with Gasteiger partial charge in [0.25, 0.3) is 5.56 Å². The average Bonchev–Trinajstić information content (AvgIpc) is 2.76. The minimum atomic E-state index is -1.27. The van der Waals surface area contributed by atoms with E-state index in [-0.39, 0.29) is 5.56 Å². The number of nitrogens with zero attached hydrogens (tertiary/aromatic N) is 1. The van der Waals surface area contributed by atoms with E-state index in [1.165, 1.54) is 0 Å². The molecule has 0 saturated carbocycles. The zero-order valence-electron chi connectivity index (χ0n) is 12.3. The lowest BCUT2D eigenvalue weighted by molar-refractivity contribution is -0.0231. The number of rotatable bonds is 2. The van der Waals surface area contributed by atoms with Crippen molar-refractivity contribution in [2.24, 2.45) is 0 Å². The van der Waals surface area contributed by atoms with E-state index >= 15 is 0 Å². The molecular formula is C15H18N2O5. The molecule has 118 valence electrons. The van der Waals surface area contributed by atoms with Crippen molar-refractivity contribution >= 4 is 11.0 Å². The topological polar surface area (TPSA) is 116 Å². The van der Waals surface area contributed by atoms with Crippen LogP contribution in [0.1, 0.15) is 22.9 Å². The van der Waals surface area contributed by atoms with Crippen molar-refractivity contribution in [2.45, 2.75) is 38.3 Å². The summed E-state index contributed by atoms with van der Waals surface area (Å²) in [6.45, 7) is 3.34. The smallest absolute Gasteiger partial charge is 0.255 e. The number of aliphatic hydroxyl groups excluding tert-OH is 3. The van der Waals surface area contributed by atoms with Gasteiger partial charge < -0.3 is 25.0 Å². The van der Waals surface area contributed by atoms with Crippen molar-refractivity contribution in [3.8, 4) is 0 Å². The third-order valence-electron chi connectivity index (χ3n) is 4.15. The molecule has 2 aromatic rings. The minimum absolute atomic E-state index is 0.208. The summed E-state index contributed by atoms with van der Waals surface area (Å²) in [5.74, 6) is 0. The fourth-order valence-corrected chi connectivity index (χ4v) is 2.72. The number of aromatic nitrogens is 2. The van der Waals surface area contributed by atoms with Crippen molar-refractivity contribution in [1.29, 1.82) is 0 Å². The second-order valence-electron chi connectivity index (χ2n) is 5.64. The Morgan fingerprint density at radius 3 is 2.64 bits per heavy atom. The Labute approximate surface area is 126 Å². The first-order chi connectivity index (χ1) is 10.4. The van der Waals surface area contributed by atoms with Gasteiger partial charge in [0.1, 0.15) is 30.1 Å². The van der Waals surface area contributed by atoms with Crippen LogP contribution in [0.15, 0.2) is 16.9 Å². The van der Waals surface area contributed by atoms with Crippen LogP contribution in [0, 0.1) is 13.8 Å². The summed E-state index contributed by atoms with van der Waals surface area (Å²) in [5, 5.41) is 29.7. The number of aryl methyl sites for hydroxylation is 2. The highest BCUT2D eigenvalue weighted by atomic mass is 16.6. The largest absolute Gasteiger partial charge is 0.394 e. The van der Waals surface area contributed by atoms with Gasteiger partial charge in [-0.15, -0.1) is 0 Å². The van der Waals surface area contributed by atoms with Crippen molar-refractivity contribution in [2.75, 3.05) is 6.61 Å². The summed E-state index contributed by atoms with van der Waals surface area (Å²) in [5.41, 5.74) is 2.04. The van der Waals surface area contributed by atoms with E-state index in [1.807, 2.05) is 19.9 Å². The molecule has 0 amide bonds. The van der Waals surface area contributed by atoms with Crippen molar-refractivity contribution < 1.29 is 20.1 Å². The van der Waals surface area contributed by atoms with E-state index in [0.717, 1.165) is 16.6 Å². The fraction of sp³-hybridized carbons (Fsp3) is 0.467. The lowest BCUT2D eigenvalue weighted by Gasteiger charge is -2.15. The third-order valence-corrected chi connectivity index (χ3v) is 4.15. The van der Waals surface area contributed by atoms with Gasteiger partial charge in [-0.25, -0.2) is 4.98 Å². The van der Waals surface area contributed by atoms with E-state index in [9.17, 15) is 15.0 Å². The highest BCUT2D eigenvalue weighted by Crippen LogP contribution is 2.32. The quantitative estimate of drug-likeness (QED) is 0.605. The molecule has 2 aromatic heterocycles. The zero-order valence-corrected chi connectivity index (χ0v) is 12.3. The molecule has 0 aliphatic carbocycles. The molecule has 22 heavy (non-hydrogen) atoms. The van der Waals surface area contributed by atoms with E-state index < -0.39 is 36.6 Å². The second-order valence-corrected chi connectivity index (χ2v) is 5.64. The number of aliphatic hydroxyl groups is 3. The number of aromatic amines is 1. The number of H-pyrrole nitrogens is 1. The molecule has 3 heterocycles. The Balaban J connectivity index is 2.10. The van der Waals surface area contributed by atoms with Crippen LogP contribution in [0.25, 0.3) is 11.0 Å². The van der Waals surface area contributed by atoms with Gasteiger partial charge >= 0.3 is 0 Å². The first-order valence-corrected chi connectivity index (χ1v) is 7.06. The number of hydrogen-bond donors (Lipinski definition) is 4. The molecular weight excluding hydrogens is 288 g/mol. The lowest BCUT2D eigenvalue weighted by Crippen LogP contribution is -2.33. The summed E-state index contributed by atoms with van der Waals surface area (Å²) in [7, 11) is 0. The molecule has 4 N–H and O–H groups in total. The number of fused-ring (bicyclic) bond motifs is 1. The first-order valence-electron chi connectivity index (χ1n) is 7.06. The molecule has 0 radical (unpaired) electrons. The summed E-state index contributed by atoms with van der Waals surface area (Å²) >= 11 is 0. The van der Waals surface area contributed by atoms with Crippen LogP contribution in [0.2, 0.25) is 0 Å². The fourth-order valence-electron chi connectivity index (χ4n) is 2.72. The van der Waals surface area contributed by atoms with Gasteiger partial charge in [-0.3, -0.25) is 4.79 Å². The molecule has 0 bridgehead atoms. The van der Waals surface area contributed by atoms with Crippen LogP contribution in [0.4, 0.5) is 0 Å². The minimum Gasteiger partial charge on any atom is -0.394 e. The number of ether oxygens (including phenoxy) is 1.